The molecule has 0 amide bonds. The van der Waals surface area contributed by atoms with Crippen LogP contribution < -0.4 is 0 Å². The van der Waals surface area contributed by atoms with Crippen molar-refractivity contribution in [1.82, 2.24) is 4.98 Å². The molecular weight excluding hydrogens is 395 g/mol. The highest BCUT2D eigenvalue weighted by Crippen LogP contribution is 2.24. The Hall–Kier alpha value is -3.14. The molecule has 0 saturated carbocycles. The molecule has 0 radical (unpaired) electrons. The SMILES string of the molecule is CCc1ccc(CCc2ccc3c(F)c(CCc4ccc(F)c(F)c4)ccc3c2)nc1. The Balaban J connectivity index is 1.45. The van der Waals surface area contributed by atoms with Crippen molar-refractivity contribution >= 4 is 10.8 Å². The van der Waals surface area contributed by atoms with Crippen molar-refractivity contribution < 1.29 is 13.2 Å². The summed E-state index contributed by atoms with van der Waals surface area (Å²) in [4.78, 5) is 4.50. The van der Waals surface area contributed by atoms with E-state index in [4.69, 9.17) is 0 Å². The molecule has 0 N–H and O–H groups in total. The van der Waals surface area contributed by atoms with Crippen molar-refractivity contribution in [2.24, 2.45) is 0 Å². The highest BCUT2D eigenvalue weighted by Gasteiger charge is 2.10. The zero-order chi connectivity index (χ0) is 21.8. The highest BCUT2D eigenvalue weighted by molar-refractivity contribution is 5.84. The van der Waals surface area contributed by atoms with Gasteiger partial charge in [-0.1, -0.05) is 49.4 Å². The van der Waals surface area contributed by atoms with Gasteiger partial charge in [-0.3, -0.25) is 4.98 Å². The molecule has 158 valence electrons. The molecular formula is C27H24F3N. The maximum atomic E-state index is 15.0. The fraction of sp³-hybridized carbons (Fsp3) is 0.222. The summed E-state index contributed by atoms with van der Waals surface area (Å²) < 4.78 is 41.5. The number of hydrogen-bond acceptors (Lipinski definition) is 1. The Morgan fingerprint density at radius 1 is 0.677 bits per heavy atom. The number of halogens is 3. The van der Waals surface area contributed by atoms with Gasteiger partial charge in [0.15, 0.2) is 11.6 Å². The first-order valence-electron chi connectivity index (χ1n) is 10.6. The van der Waals surface area contributed by atoms with Gasteiger partial charge in [-0.2, -0.15) is 0 Å². The lowest BCUT2D eigenvalue weighted by Crippen LogP contribution is -1.98. The third-order valence-electron chi connectivity index (χ3n) is 5.73. The van der Waals surface area contributed by atoms with Gasteiger partial charge in [0.1, 0.15) is 5.82 Å². The molecule has 0 aliphatic carbocycles. The second-order valence-electron chi connectivity index (χ2n) is 7.85. The normalized spacial score (nSPS) is 11.2. The predicted molar refractivity (Wildman–Crippen MR) is 119 cm³/mol. The van der Waals surface area contributed by atoms with Crippen molar-refractivity contribution in [3.63, 3.8) is 0 Å². The summed E-state index contributed by atoms with van der Waals surface area (Å²) in [6.45, 7) is 2.11. The minimum atomic E-state index is -0.875. The monoisotopic (exact) mass is 419 g/mol. The molecule has 0 saturated heterocycles. The molecule has 1 aromatic heterocycles. The predicted octanol–water partition coefficient (Wildman–Crippen LogP) is 6.78. The van der Waals surface area contributed by atoms with Gasteiger partial charge < -0.3 is 0 Å². The van der Waals surface area contributed by atoms with E-state index in [0.717, 1.165) is 42.0 Å². The lowest BCUT2D eigenvalue weighted by Gasteiger charge is -2.09. The van der Waals surface area contributed by atoms with E-state index in [0.29, 0.717) is 29.4 Å². The number of rotatable bonds is 7. The van der Waals surface area contributed by atoms with Crippen LogP contribution >= 0.6 is 0 Å². The smallest absolute Gasteiger partial charge is 0.159 e. The number of fused-ring (bicyclic) bond motifs is 1. The third kappa shape index (κ3) is 4.96. The Kier molecular flexibility index (Phi) is 6.36. The standard InChI is InChI=1S/C27H24F3N/c1-2-18-4-11-23(31-17-18)12-5-19-6-13-24-22(15-19)10-9-21(27(24)30)8-3-20-7-14-25(28)26(29)16-20/h4,6-7,9-11,13-17H,2-3,5,8,12H2,1H3. The van der Waals surface area contributed by atoms with E-state index < -0.39 is 11.6 Å². The molecule has 0 atom stereocenters. The molecule has 31 heavy (non-hydrogen) atoms. The second-order valence-corrected chi connectivity index (χ2v) is 7.85. The minimum Gasteiger partial charge on any atom is -0.261 e. The Bertz CT molecular complexity index is 1200. The first-order chi connectivity index (χ1) is 15.0. The summed E-state index contributed by atoms with van der Waals surface area (Å²) in [6, 6.07) is 17.5. The topological polar surface area (TPSA) is 12.9 Å². The molecule has 0 fully saturated rings. The summed E-state index contributed by atoms with van der Waals surface area (Å²) >= 11 is 0. The fourth-order valence-corrected chi connectivity index (χ4v) is 3.79. The third-order valence-corrected chi connectivity index (χ3v) is 5.73. The summed E-state index contributed by atoms with van der Waals surface area (Å²) in [5.41, 5.74) is 4.64. The number of pyridine rings is 1. The summed E-state index contributed by atoms with van der Waals surface area (Å²) in [7, 11) is 0. The van der Waals surface area contributed by atoms with Crippen LogP contribution in [0, 0.1) is 17.5 Å². The van der Waals surface area contributed by atoms with Crippen LogP contribution in [0.2, 0.25) is 0 Å². The van der Waals surface area contributed by atoms with E-state index in [9.17, 15) is 8.78 Å². The molecule has 0 aliphatic rings. The van der Waals surface area contributed by atoms with Gasteiger partial charge in [-0.15, -0.1) is 0 Å². The van der Waals surface area contributed by atoms with E-state index in [1.165, 1.54) is 17.7 Å². The maximum Gasteiger partial charge on any atom is 0.159 e. The van der Waals surface area contributed by atoms with Crippen molar-refractivity contribution in [1.29, 1.82) is 0 Å². The van der Waals surface area contributed by atoms with Gasteiger partial charge in [0.2, 0.25) is 0 Å². The molecule has 0 spiro atoms. The van der Waals surface area contributed by atoms with Crippen LogP contribution in [-0.4, -0.2) is 4.98 Å². The molecule has 1 heterocycles. The van der Waals surface area contributed by atoms with Crippen LogP contribution in [0.1, 0.15) is 34.9 Å². The minimum absolute atomic E-state index is 0.247. The highest BCUT2D eigenvalue weighted by atomic mass is 19.2. The van der Waals surface area contributed by atoms with Gasteiger partial charge in [-0.25, -0.2) is 13.2 Å². The van der Waals surface area contributed by atoms with E-state index in [1.54, 1.807) is 6.07 Å². The van der Waals surface area contributed by atoms with Crippen molar-refractivity contribution in [3.05, 3.63) is 112 Å². The Morgan fingerprint density at radius 3 is 2.16 bits per heavy atom. The molecule has 4 rings (SSSR count). The quantitative estimate of drug-likeness (QED) is 0.322. The van der Waals surface area contributed by atoms with Gasteiger partial charge >= 0.3 is 0 Å². The Labute approximate surface area is 180 Å². The molecule has 4 heteroatoms. The Morgan fingerprint density at radius 2 is 1.42 bits per heavy atom. The van der Waals surface area contributed by atoms with Gasteiger partial charge in [0.05, 0.1) is 0 Å². The second kappa shape index (κ2) is 9.34. The summed E-state index contributed by atoms with van der Waals surface area (Å²) in [6.07, 6.45) is 5.45. The van der Waals surface area contributed by atoms with Crippen LogP contribution in [0.3, 0.4) is 0 Å². The lowest BCUT2D eigenvalue weighted by molar-refractivity contribution is 0.507. The maximum absolute atomic E-state index is 15.0. The number of benzene rings is 3. The van der Waals surface area contributed by atoms with Crippen molar-refractivity contribution in [3.8, 4) is 0 Å². The van der Waals surface area contributed by atoms with Gasteiger partial charge in [0.25, 0.3) is 0 Å². The van der Waals surface area contributed by atoms with E-state index >= 15 is 4.39 Å². The van der Waals surface area contributed by atoms with Crippen LogP contribution in [-0.2, 0) is 32.1 Å². The molecule has 4 aromatic rings. The number of aryl methyl sites for hydroxylation is 5. The first kappa shape index (κ1) is 21.1. The van der Waals surface area contributed by atoms with Crippen LogP contribution in [0.4, 0.5) is 13.2 Å². The summed E-state index contributed by atoms with van der Waals surface area (Å²) in [5.74, 6) is -1.99. The van der Waals surface area contributed by atoms with Crippen LogP contribution in [0.25, 0.3) is 10.8 Å². The molecule has 0 bridgehead atoms. The van der Waals surface area contributed by atoms with Crippen LogP contribution in [0.15, 0.2) is 66.9 Å². The average Bonchev–Trinajstić information content (AvgIpc) is 2.80. The number of nitrogens with zero attached hydrogens (tertiary/aromatic N) is 1. The number of hydrogen-bond donors (Lipinski definition) is 0. The van der Waals surface area contributed by atoms with Crippen LogP contribution in [0.5, 0.6) is 0 Å². The van der Waals surface area contributed by atoms with E-state index in [2.05, 4.69) is 24.0 Å². The summed E-state index contributed by atoms with van der Waals surface area (Å²) in [5, 5.41) is 1.44. The first-order valence-corrected chi connectivity index (χ1v) is 10.6. The number of aromatic nitrogens is 1. The van der Waals surface area contributed by atoms with Gasteiger partial charge in [0, 0.05) is 17.3 Å². The van der Waals surface area contributed by atoms with E-state index in [-0.39, 0.29) is 5.82 Å². The molecule has 3 aromatic carbocycles. The fourth-order valence-electron chi connectivity index (χ4n) is 3.79. The van der Waals surface area contributed by atoms with Gasteiger partial charge in [-0.05, 0) is 77.9 Å². The molecule has 0 aliphatic heterocycles. The largest absolute Gasteiger partial charge is 0.261 e. The lowest BCUT2D eigenvalue weighted by atomic mass is 9.98. The molecule has 0 unspecified atom stereocenters. The van der Waals surface area contributed by atoms with E-state index in [1.807, 2.05) is 30.5 Å². The van der Waals surface area contributed by atoms with Crippen molar-refractivity contribution in [2.45, 2.75) is 39.0 Å². The van der Waals surface area contributed by atoms with Crippen molar-refractivity contribution in [2.75, 3.05) is 0 Å². The zero-order valence-corrected chi connectivity index (χ0v) is 17.5. The molecule has 1 nitrogen and oxygen atoms in total. The average molecular weight is 419 g/mol. The zero-order valence-electron chi connectivity index (χ0n) is 17.5.